The summed E-state index contributed by atoms with van der Waals surface area (Å²) in [6.45, 7) is 0. The van der Waals surface area contributed by atoms with Crippen LogP contribution in [-0.2, 0) is 0 Å². The van der Waals surface area contributed by atoms with E-state index in [4.69, 9.17) is 5.11 Å². The molecule has 0 spiro atoms. The van der Waals surface area contributed by atoms with Crippen LogP contribution in [0.2, 0.25) is 0 Å². The van der Waals surface area contributed by atoms with Gasteiger partial charge in [-0.15, -0.1) is 0 Å². The number of hydrogen-bond donors (Lipinski definition) is 2. The monoisotopic (exact) mass is 241 g/mol. The average molecular weight is 241 g/mol. The number of nitrogens with zero attached hydrogens (tertiary/aromatic N) is 4. The zero-order valence-corrected chi connectivity index (χ0v) is 9.03. The van der Waals surface area contributed by atoms with Gasteiger partial charge in [-0.3, -0.25) is 0 Å². The Hall–Kier alpha value is -2.83. The molecule has 0 saturated carbocycles. The summed E-state index contributed by atoms with van der Waals surface area (Å²) in [5, 5.41) is 16.5. The molecule has 3 rings (SSSR count). The van der Waals surface area contributed by atoms with E-state index in [1.807, 2.05) is 0 Å². The number of carboxylic acid groups (broad SMARTS) is 1. The molecule has 0 aliphatic heterocycles. The normalized spacial score (nSPS) is 10.7. The van der Waals surface area contributed by atoms with Crippen molar-refractivity contribution in [3.63, 3.8) is 0 Å². The maximum absolute atomic E-state index is 11.1. The number of fused-ring (bicyclic) bond motifs is 1. The number of pyridine rings is 1. The maximum atomic E-state index is 11.1. The first-order valence-electron chi connectivity index (χ1n) is 5.11. The van der Waals surface area contributed by atoms with Gasteiger partial charge in [0.2, 0.25) is 0 Å². The summed E-state index contributed by atoms with van der Waals surface area (Å²) >= 11 is 0. The summed E-state index contributed by atoms with van der Waals surface area (Å²) in [4.78, 5) is 22.3. The maximum Gasteiger partial charge on any atom is 0.338 e. The molecule has 3 aromatic rings. The molecule has 7 heteroatoms. The molecule has 0 aliphatic carbocycles. The number of nitrogens with one attached hydrogen (secondary N) is 1. The van der Waals surface area contributed by atoms with E-state index in [-0.39, 0.29) is 5.56 Å². The van der Waals surface area contributed by atoms with E-state index in [1.54, 1.807) is 6.07 Å². The fourth-order valence-corrected chi connectivity index (χ4v) is 1.66. The molecule has 0 bridgehead atoms. The minimum Gasteiger partial charge on any atom is -0.478 e. The molecule has 0 aliphatic rings. The van der Waals surface area contributed by atoms with E-state index in [1.165, 1.54) is 24.7 Å². The van der Waals surface area contributed by atoms with Gasteiger partial charge >= 0.3 is 5.97 Å². The number of hydrogen-bond acceptors (Lipinski definition) is 5. The van der Waals surface area contributed by atoms with Crippen LogP contribution >= 0.6 is 0 Å². The molecular weight excluding hydrogens is 234 g/mol. The van der Waals surface area contributed by atoms with Gasteiger partial charge in [0.15, 0.2) is 5.65 Å². The average Bonchev–Trinajstić information content (AvgIpc) is 2.83. The van der Waals surface area contributed by atoms with Gasteiger partial charge in [0, 0.05) is 11.8 Å². The summed E-state index contributed by atoms with van der Waals surface area (Å²) in [5.74, 6) is -0.508. The molecular formula is C11H7N5O2. The molecule has 2 N–H and O–H groups in total. The molecule has 0 atom stereocenters. The lowest BCUT2D eigenvalue weighted by atomic mass is 10.2. The number of aromatic amines is 1. The molecule has 88 valence electrons. The summed E-state index contributed by atoms with van der Waals surface area (Å²) in [7, 11) is 0. The number of aromatic nitrogens is 5. The SMILES string of the molecule is O=C(O)c1ccnc2nc(-c3ccnnc3)[nH]c12. The zero-order valence-electron chi connectivity index (χ0n) is 9.03. The van der Waals surface area contributed by atoms with Crippen LogP contribution in [0.3, 0.4) is 0 Å². The van der Waals surface area contributed by atoms with Gasteiger partial charge in [-0.05, 0) is 12.1 Å². The Morgan fingerprint density at radius 3 is 2.83 bits per heavy atom. The van der Waals surface area contributed by atoms with Crippen molar-refractivity contribution in [2.45, 2.75) is 0 Å². The van der Waals surface area contributed by atoms with Crippen LogP contribution in [-0.4, -0.2) is 36.2 Å². The van der Waals surface area contributed by atoms with Crippen LogP contribution in [0.1, 0.15) is 10.4 Å². The van der Waals surface area contributed by atoms with Crippen LogP contribution in [0.15, 0.2) is 30.7 Å². The molecule has 0 radical (unpaired) electrons. The third-order valence-electron chi connectivity index (χ3n) is 2.48. The highest BCUT2D eigenvalue weighted by molar-refractivity contribution is 6.00. The lowest BCUT2D eigenvalue weighted by molar-refractivity contribution is 0.0699. The minimum atomic E-state index is -1.02. The minimum absolute atomic E-state index is 0.140. The van der Waals surface area contributed by atoms with E-state index < -0.39 is 5.97 Å². The molecule has 3 aromatic heterocycles. The van der Waals surface area contributed by atoms with Gasteiger partial charge in [0.05, 0.1) is 23.5 Å². The zero-order chi connectivity index (χ0) is 12.5. The number of H-pyrrole nitrogens is 1. The predicted molar refractivity (Wildman–Crippen MR) is 61.9 cm³/mol. The van der Waals surface area contributed by atoms with Crippen LogP contribution in [0.4, 0.5) is 0 Å². The van der Waals surface area contributed by atoms with Crippen molar-refractivity contribution in [1.29, 1.82) is 0 Å². The largest absolute Gasteiger partial charge is 0.478 e. The topological polar surface area (TPSA) is 105 Å². The fourth-order valence-electron chi connectivity index (χ4n) is 1.66. The highest BCUT2D eigenvalue weighted by Crippen LogP contribution is 2.20. The second-order valence-electron chi connectivity index (χ2n) is 3.58. The number of carboxylic acids is 1. The predicted octanol–water partition coefficient (Wildman–Crippen LogP) is 1.11. The molecule has 3 heterocycles. The summed E-state index contributed by atoms with van der Waals surface area (Å²) < 4.78 is 0. The Balaban J connectivity index is 2.23. The molecule has 0 saturated heterocycles. The first-order valence-corrected chi connectivity index (χ1v) is 5.11. The first-order chi connectivity index (χ1) is 8.75. The molecule has 0 amide bonds. The molecule has 0 unspecified atom stereocenters. The van der Waals surface area contributed by atoms with Gasteiger partial charge in [0.25, 0.3) is 0 Å². The van der Waals surface area contributed by atoms with Crippen LogP contribution in [0, 0.1) is 0 Å². The highest BCUT2D eigenvalue weighted by Gasteiger charge is 2.13. The third kappa shape index (κ3) is 1.58. The van der Waals surface area contributed by atoms with E-state index >= 15 is 0 Å². The first kappa shape index (κ1) is 10.3. The van der Waals surface area contributed by atoms with Crippen molar-refractivity contribution in [2.75, 3.05) is 0 Å². The van der Waals surface area contributed by atoms with E-state index in [0.717, 1.165) is 5.56 Å². The molecule has 0 aromatic carbocycles. The Bertz CT molecular complexity index is 723. The summed E-state index contributed by atoms with van der Waals surface area (Å²) in [6, 6.07) is 3.16. The van der Waals surface area contributed by atoms with E-state index in [2.05, 4.69) is 25.1 Å². The van der Waals surface area contributed by atoms with Crippen LogP contribution in [0.25, 0.3) is 22.6 Å². The van der Waals surface area contributed by atoms with Crippen molar-refractivity contribution in [3.8, 4) is 11.4 Å². The molecule has 7 nitrogen and oxygen atoms in total. The van der Waals surface area contributed by atoms with Crippen molar-refractivity contribution in [2.24, 2.45) is 0 Å². The third-order valence-corrected chi connectivity index (χ3v) is 2.48. The second kappa shape index (κ2) is 3.88. The van der Waals surface area contributed by atoms with E-state index in [0.29, 0.717) is 17.0 Å². The quantitative estimate of drug-likeness (QED) is 0.696. The standard InChI is InChI=1S/C11H7N5O2/c17-11(18)7-2-3-12-10-8(7)15-9(16-10)6-1-4-13-14-5-6/h1-5H,(H,17,18)(H,12,15,16). The van der Waals surface area contributed by atoms with Gasteiger partial charge in [-0.25, -0.2) is 14.8 Å². The Morgan fingerprint density at radius 2 is 2.11 bits per heavy atom. The van der Waals surface area contributed by atoms with Gasteiger partial charge in [-0.1, -0.05) is 0 Å². The number of aromatic carboxylic acids is 1. The Kier molecular flexibility index (Phi) is 2.23. The highest BCUT2D eigenvalue weighted by atomic mass is 16.4. The number of rotatable bonds is 2. The number of carbonyl (C=O) groups is 1. The van der Waals surface area contributed by atoms with Crippen LogP contribution < -0.4 is 0 Å². The van der Waals surface area contributed by atoms with Crippen molar-refractivity contribution < 1.29 is 9.90 Å². The van der Waals surface area contributed by atoms with Gasteiger partial charge in [0.1, 0.15) is 5.82 Å². The van der Waals surface area contributed by atoms with Gasteiger partial charge in [-0.2, -0.15) is 10.2 Å². The van der Waals surface area contributed by atoms with Crippen molar-refractivity contribution >= 4 is 17.1 Å². The second-order valence-corrected chi connectivity index (χ2v) is 3.58. The lowest BCUT2D eigenvalue weighted by Crippen LogP contribution is -1.97. The van der Waals surface area contributed by atoms with Crippen molar-refractivity contribution in [3.05, 3.63) is 36.3 Å². The Morgan fingerprint density at radius 1 is 1.22 bits per heavy atom. The van der Waals surface area contributed by atoms with Crippen LogP contribution in [0.5, 0.6) is 0 Å². The van der Waals surface area contributed by atoms with E-state index in [9.17, 15) is 4.79 Å². The molecule has 18 heavy (non-hydrogen) atoms. The Labute approximate surface area is 101 Å². The smallest absolute Gasteiger partial charge is 0.338 e. The fraction of sp³-hybridized carbons (Fsp3) is 0. The molecule has 0 fully saturated rings. The summed E-state index contributed by atoms with van der Waals surface area (Å²) in [6.07, 6.45) is 4.49. The van der Waals surface area contributed by atoms with Crippen molar-refractivity contribution in [1.82, 2.24) is 25.1 Å². The van der Waals surface area contributed by atoms with Gasteiger partial charge < -0.3 is 10.1 Å². The summed E-state index contributed by atoms with van der Waals surface area (Å²) in [5.41, 5.74) is 1.62. The lowest BCUT2D eigenvalue weighted by Gasteiger charge is -1.94. The number of imidazole rings is 1.